The predicted octanol–water partition coefficient (Wildman–Crippen LogP) is 1.83. The lowest BCUT2D eigenvalue weighted by atomic mass is 10.1. The number of anilines is 1. The number of nitrogens with zero attached hydrogens (tertiary/aromatic N) is 4. The second kappa shape index (κ2) is 9.35. The van der Waals surface area contributed by atoms with Gasteiger partial charge in [0.05, 0.1) is 25.4 Å². The second-order valence-corrected chi connectivity index (χ2v) is 6.19. The van der Waals surface area contributed by atoms with E-state index >= 15 is 0 Å². The van der Waals surface area contributed by atoms with Crippen LogP contribution in [-0.2, 0) is 6.42 Å². The van der Waals surface area contributed by atoms with Crippen molar-refractivity contribution in [3.8, 4) is 17.2 Å². The van der Waals surface area contributed by atoms with E-state index in [1.165, 1.54) is 26.4 Å². The van der Waals surface area contributed by atoms with Crippen molar-refractivity contribution in [1.29, 1.82) is 0 Å². The third-order valence-corrected chi connectivity index (χ3v) is 4.18. The minimum Gasteiger partial charge on any atom is -0.507 e. The van der Waals surface area contributed by atoms with E-state index in [9.17, 15) is 20.0 Å². The number of aromatic hydroxyl groups is 1. The van der Waals surface area contributed by atoms with Crippen LogP contribution in [0.3, 0.4) is 0 Å². The molecule has 12 heteroatoms. The minimum absolute atomic E-state index is 0.0396. The number of phenolic OH excluding ortho intramolecular Hbond substituents is 1. The molecule has 2 aromatic carbocycles. The average Bonchev–Trinajstić information content (AvgIpc) is 2.76. The topological polar surface area (TPSA) is 165 Å². The molecule has 12 nitrogen and oxygen atoms in total. The molecule has 0 aliphatic rings. The standard InChI is InChI=1S/C19H18N6O6/c1-30-16-6-3-11(8-17(16)31-2)7-14-18(27)21-19(24-22-14)23-20-10-12-9-13(25(28)29)4-5-15(12)26/h3-6,8-10,26H,7H2,1-2H3,(H2,21,23,24,27)/b20-10-. The van der Waals surface area contributed by atoms with Crippen molar-refractivity contribution < 1.29 is 19.5 Å². The molecule has 1 heterocycles. The van der Waals surface area contributed by atoms with Gasteiger partial charge in [0.1, 0.15) is 11.4 Å². The third-order valence-electron chi connectivity index (χ3n) is 4.18. The Morgan fingerprint density at radius 3 is 2.65 bits per heavy atom. The van der Waals surface area contributed by atoms with Gasteiger partial charge in [-0.1, -0.05) is 6.07 Å². The summed E-state index contributed by atoms with van der Waals surface area (Å²) in [6, 6.07) is 8.75. The van der Waals surface area contributed by atoms with Crippen molar-refractivity contribution in [2.45, 2.75) is 6.42 Å². The fraction of sp³-hybridized carbons (Fsp3) is 0.158. The van der Waals surface area contributed by atoms with Crippen molar-refractivity contribution in [2.24, 2.45) is 5.10 Å². The Balaban J connectivity index is 1.72. The molecule has 31 heavy (non-hydrogen) atoms. The van der Waals surface area contributed by atoms with E-state index in [2.05, 4.69) is 25.7 Å². The van der Waals surface area contributed by atoms with E-state index in [0.29, 0.717) is 11.5 Å². The summed E-state index contributed by atoms with van der Waals surface area (Å²) in [6.07, 6.45) is 1.37. The number of aromatic nitrogens is 3. The highest BCUT2D eigenvalue weighted by Gasteiger charge is 2.10. The highest BCUT2D eigenvalue weighted by Crippen LogP contribution is 2.28. The van der Waals surface area contributed by atoms with Crippen LogP contribution in [0.15, 0.2) is 46.3 Å². The van der Waals surface area contributed by atoms with E-state index in [4.69, 9.17) is 9.47 Å². The van der Waals surface area contributed by atoms with Crippen LogP contribution in [-0.4, -0.2) is 45.6 Å². The molecule has 3 N–H and O–H groups in total. The van der Waals surface area contributed by atoms with E-state index in [1.807, 2.05) is 0 Å². The van der Waals surface area contributed by atoms with Gasteiger partial charge in [0.15, 0.2) is 11.5 Å². The number of aromatic amines is 1. The van der Waals surface area contributed by atoms with Crippen LogP contribution in [0.1, 0.15) is 16.8 Å². The molecule has 160 valence electrons. The fourth-order valence-corrected chi connectivity index (χ4v) is 2.63. The summed E-state index contributed by atoms with van der Waals surface area (Å²) in [4.78, 5) is 25.0. The van der Waals surface area contributed by atoms with Gasteiger partial charge in [-0.05, 0) is 23.8 Å². The van der Waals surface area contributed by atoms with Gasteiger partial charge in [0.25, 0.3) is 11.2 Å². The van der Waals surface area contributed by atoms with Crippen LogP contribution in [0.4, 0.5) is 11.6 Å². The first kappa shape index (κ1) is 21.2. The lowest BCUT2D eigenvalue weighted by Gasteiger charge is -2.09. The van der Waals surface area contributed by atoms with Crippen molar-refractivity contribution in [1.82, 2.24) is 15.2 Å². The molecule has 0 atom stereocenters. The first-order chi connectivity index (χ1) is 14.9. The van der Waals surface area contributed by atoms with Crippen LogP contribution in [0.2, 0.25) is 0 Å². The molecule has 3 rings (SSSR count). The Morgan fingerprint density at radius 1 is 1.19 bits per heavy atom. The van der Waals surface area contributed by atoms with Crippen LogP contribution >= 0.6 is 0 Å². The van der Waals surface area contributed by atoms with Gasteiger partial charge in [-0.25, -0.2) is 5.43 Å². The van der Waals surface area contributed by atoms with Gasteiger partial charge >= 0.3 is 0 Å². The number of hydrogen-bond donors (Lipinski definition) is 3. The number of non-ortho nitro benzene ring substituents is 1. The highest BCUT2D eigenvalue weighted by molar-refractivity contribution is 5.84. The molecule has 0 aliphatic heterocycles. The first-order valence-electron chi connectivity index (χ1n) is 8.84. The first-order valence-corrected chi connectivity index (χ1v) is 8.84. The number of nitro benzene ring substituents is 1. The number of H-pyrrole nitrogens is 1. The Labute approximate surface area is 175 Å². The molecule has 0 saturated carbocycles. The quantitative estimate of drug-likeness (QED) is 0.277. The van der Waals surface area contributed by atoms with Crippen molar-refractivity contribution in [3.63, 3.8) is 0 Å². The molecular weight excluding hydrogens is 408 g/mol. The highest BCUT2D eigenvalue weighted by atomic mass is 16.6. The monoisotopic (exact) mass is 426 g/mol. The van der Waals surface area contributed by atoms with E-state index < -0.39 is 10.5 Å². The summed E-state index contributed by atoms with van der Waals surface area (Å²) in [5.74, 6) is 0.864. The summed E-state index contributed by atoms with van der Waals surface area (Å²) < 4.78 is 10.4. The van der Waals surface area contributed by atoms with Gasteiger partial charge in [-0.3, -0.25) is 19.9 Å². The fourth-order valence-electron chi connectivity index (χ4n) is 2.63. The number of rotatable bonds is 8. The van der Waals surface area contributed by atoms with Crippen LogP contribution in [0.5, 0.6) is 17.2 Å². The molecule has 0 unspecified atom stereocenters. The zero-order valence-corrected chi connectivity index (χ0v) is 16.5. The Kier molecular flexibility index (Phi) is 6.40. The number of hydrogen-bond acceptors (Lipinski definition) is 10. The third kappa shape index (κ3) is 5.12. The van der Waals surface area contributed by atoms with Crippen molar-refractivity contribution in [3.05, 3.63) is 73.7 Å². The van der Waals surface area contributed by atoms with Gasteiger partial charge in [-0.2, -0.15) is 5.10 Å². The van der Waals surface area contributed by atoms with Crippen LogP contribution in [0, 0.1) is 10.1 Å². The Hall–Kier alpha value is -4.48. The zero-order valence-electron chi connectivity index (χ0n) is 16.5. The zero-order chi connectivity index (χ0) is 22.4. The normalized spacial score (nSPS) is 10.8. The molecule has 0 saturated heterocycles. The molecule has 0 aliphatic carbocycles. The van der Waals surface area contributed by atoms with Crippen LogP contribution < -0.4 is 20.5 Å². The van der Waals surface area contributed by atoms with E-state index in [1.54, 1.807) is 18.2 Å². The number of methoxy groups -OCH3 is 2. The molecule has 1 aromatic heterocycles. The number of benzene rings is 2. The van der Waals surface area contributed by atoms with Gasteiger partial charge in [0.2, 0.25) is 5.95 Å². The summed E-state index contributed by atoms with van der Waals surface area (Å²) in [5.41, 5.74) is 2.85. The maximum atomic E-state index is 12.3. The van der Waals surface area contributed by atoms with Crippen molar-refractivity contribution in [2.75, 3.05) is 19.6 Å². The summed E-state index contributed by atoms with van der Waals surface area (Å²) >= 11 is 0. The molecule has 0 fully saturated rings. The molecule has 3 aromatic rings. The Morgan fingerprint density at radius 2 is 1.97 bits per heavy atom. The summed E-state index contributed by atoms with van der Waals surface area (Å²) in [7, 11) is 3.05. The van der Waals surface area contributed by atoms with Crippen molar-refractivity contribution >= 4 is 17.9 Å². The number of phenols is 1. The van der Waals surface area contributed by atoms with E-state index in [-0.39, 0.29) is 35.1 Å². The predicted molar refractivity (Wildman–Crippen MR) is 111 cm³/mol. The summed E-state index contributed by atoms with van der Waals surface area (Å²) in [6.45, 7) is 0. The number of nitrogens with one attached hydrogen (secondary N) is 2. The molecular formula is C19H18N6O6. The number of nitro groups is 1. The molecule has 0 radical (unpaired) electrons. The maximum absolute atomic E-state index is 12.3. The second-order valence-electron chi connectivity index (χ2n) is 6.19. The molecule has 0 amide bonds. The van der Waals surface area contributed by atoms with E-state index in [0.717, 1.165) is 17.8 Å². The Bertz CT molecular complexity index is 1190. The number of hydrazone groups is 1. The van der Waals surface area contributed by atoms with Gasteiger partial charge in [0, 0.05) is 24.1 Å². The SMILES string of the molecule is COc1ccc(Cc2nnc(N/N=C\c3cc([N+](=O)[O-])ccc3O)[nH]c2=O)cc1OC. The smallest absolute Gasteiger partial charge is 0.274 e. The lowest BCUT2D eigenvalue weighted by Crippen LogP contribution is -2.18. The molecule has 0 spiro atoms. The lowest BCUT2D eigenvalue weighted by molar-refractivity contribution is -0.384. The van der Waals surface area contributed by atoms with Crippen LogP contribution in [0.25, 0.3) is 0 Å². The summed E-state index contributed by atoms with van der Waals surface area (Å²) in [5, 5.41) is 32.2. The minimum atomic E-state index is -0.593. The maximum Gasteiger partial charge on any atom is 0.274 e. The largest absolute Gasteiger partial charge is 0.507 e. The molecule has 0 bridgehead atoms. The van der Waals surface area contributed by atoms with Gasteiger partial charge < -0.3 is 14.6 Å². The number of ether oxygens (including phenoxy) is 2. The van der Waals surface area contributed by atoms with Gasteiger partial charge in [-0.15, -0.1) is 10.2 Å². The average molecular weight is 426 g/mol.